The fourth-order valence-electron chi connectivity index (χ4n) is 8.03. The molecule has 16 nitrogen and oxygen atoms in total. The molecule has 0 saturated carbocycles. The van der Waals surface area contributed by atoms with Crippen LogP contribution in [0.4, 0.5) is 9.59 Å². The highest BCUT2D eigenvalue weighted by atomic mass is 79.9. The van der Waals surface area contributed by atoms with Gasteiger partial charge in [-0.1, -0.05) is 64.4 Å². The minimum atomic E-state index is -1.13. The molecule has 0 bridgehead atoms. The molecule has 71 heavy (non-hydrogen) atoms. The minimum absolute atomic E-state index is 0.000573. The number of amides is 4. The second kappa shape index (κ2) is 24.8. The molecule has 386 valence electrons. The molecule has 4 N–H and O–H groups in total. The van der Waals surface area contributed by atoms with E-state index in [4.69, 9.17) is 19.2 Å². The van der Waals surface area contributed by atoms with E-state index in [1.807, 2.05) is 70.2 Å². The number of fused-ring (bicyclic) bond motifs is 3. The lowest BCUT2D eigenvalue weighted by atomic mass is 10.0. The monoisotopic (exact) mass is 1060 g/mol. The number of aryl methyl sites for hydroxylation is 1. The van der Waals surface area contributed by atoms with E-state index in [1.165, 1.54) is 21.2 Å². The number of hydrogen-bond acceptors (Lipinski definition) is 12. The largest absolute Gasteiger partial charge is 0.460 e. The van der Waals surface area contributed by atoms with Crippen molar-refractivity contribution in [1.29, 1.82) is 0 Å². The van der Waals surface area contributed by atoms with Gasteiger partial charge in [0.25, 0.3) is 0 Å². The van der Waals surface area contributed by atoms with Crippen LogP contribution in [0.3, 0.4) is 0 Å². The Labute approximate surface area is 431 Å². The lowest BCUT2D eigenvalue weighted by molar-refractivity contribution is -0.155. The van der Waals surface area contributed by atoms with Crippen LogP contribution in [0.2, 0.25) is 0 Å². The highest BCUT2D eigenvalue weighted by Gasteiger charge is 2.35. The average molecular weight is 1060 g/mol. The van der Waals surface area contributed by atoms with Gasteiger partial charge in [-0.2, -0.15) is 0 Å². The standard InChI is InChI=1S/C53H72BrN7O9S/c1-33-25-26-38(54)37-31-58-46(64)42(29-35-32-61(50(67)70-53(8,9)10)41-23-14-12-20-36(35)41)60(11)48(65)40(22-16-17-27-56-49(66)69-52(5,6)7)59-45(63)39(21-13-15-24-43(62)68-51(2,3)4)57-30-34-19-18-28-55-47(34)71-44(33)37/h12,14,18-20,23,25-26,28,32,39-40,42,57H,13,15-17,21-22,24,27,29-31H2,1-11H3,(H,56,66)(H,58,64)(H,59,63)/t39-,40-,42-/m0/s1. The number of carbonyl (C=O) groups excluding carboxylic acids is 6. The van der Waals surface area contributed by atoms with Crippen molar-refractivity contribution in [2.24, 2.45) is 0 Å². The number of alkyl carbamates (subject to hydrolysis) is 1. The SMILES string of the molecule is Cc1ccc(Br)c2c1Sc1ncccc1CN[C@@H](CCCCC(=O)OC(C)(C)C)C(=O)N[C@@H](CCCCNC(=O)OC(C)(C)C)C(=O)N(C)[C@@H](Cc1cn(C(=O)OC(C)(C)C)c3ccccc13)C(=O)NC2. The summed E-state index contributed by atoms with van der Waals surface area (Å²) in [6.07, 6.45) is 4.71. The number of carbonyl (C=O) groups is 6. The number of esters is 1. The Hall–Kier alpha value is -5.46. The molecule has 0 radical (unpaired) electrons. The summed E-state index contributed by atoms with van der Waals surface area (Å²) < 4.78 is 18.9. The van der Waals surface area contributed by atoms with Crippen LogP contribution in [0.5, 0.6) is 0 Å². The van der Waals surface area contributed by atoms with Crippen LogP contribution in [0.15, 0.2) is 75.3 Å². The summed E-state index contributed by atoms with van der Waals surface area (Å²) in [4.78, 5) is 90.5. The lowest BCUT2D eigenvalue weighted by Crippen LogP contribution is -2.57. The zero-order valence-electron chi connectivity index (χ0n) is 43.1. The Balaban J connectivity index is 1.56. The van der Waals surface area contributed by atoms with Crippen molar-refractivity contribution >= 4 is 74.5 Å². The first-order valence-corrected chi connectivity index (χ1v) is 25.9. The number of pyridine rings is 1. The predicted octanol–water partition coefficient (Wildman–Crippen LogP) is 9.28. The molecule has 2 aromatic carbocycles. The molecular formula is C53H72BrN7O9S. The molecule has 18 heteroatoms. The Bertz CT molecular complexity index is 2550. The van der Waals surface area contributed by atoms with E-state index in [9.17, 15) is 24.0 Å². The molecule has 3 heterocycles. The molecule has 0 fully saturated rings. The van der Waals surface area contributed by atoms with E-state index in [0.29, 0.717) is 53.6 Å². The first-order chi connectivity index (χ1) is 33.3. The molecule has 1 aliphatic rings. The van der Waals surface area contributed by atoms with Crippen molar-refractivity contribution in [1.82, 2.24) is 35.7 Å². The van der Waals surface area contributed by atoms with Crippen molar-refractivity contribution in [2.45, 2.75) is 179 Å². The molecule has 4 aromatic rings. The Morgan fingerprint density at radius 2 is 1.49 bits per heavy atom. The van der Waals surface area contributed by atoms with E-state index in [1.54, 1.807) is 67.1 Å². The summed E-state index contributed by atoms with van der Waals surface area (Å²) in [5.74, 6) is -1.73. The van der Waals surface area contributed by atoms with Gasteiger partial charge in [0, 0.05) is 66.7 Å². The number of benzene rings is 2. The lowest BCUT2D eigenvalue weighted by Gasteiger charge is -2.32. The number of rotatable bonds is 12. The third kappa shape index (κ3) is 17.1. The summed E-state index contributed by atoms with van der Waals surface area (Å²) in [5.41, 5.74) is 1.70. The molecule has 2 aromatic heterocycles. The molecular weight excluding hydrogens is 991 g/mol. The number of hydrogen-bond donors (Lipinski definition) is 4. The molecule has 0 unspecified atom stereocenters. The van der Waals surface area contributed by atoms with E-state index < -0.39 is 64.8 Å². The van der Waals surface area contributed by atoms with Crippen LogP contribution in [0.1, 0.15) is 130 Å². The summed E-state index contributed by atoms with van der Waals surface area (Å²) in [6, 6.07) is 12.0. The van der Waals surface area contributed by atoms with E-state index in [0.717, 1.165) is 26.1 Å². The number of para-hydroxylation sites is 1. The van der Waals surface area contributed by atoms with Gasteiger partial charge in [0.2, 0.25) is 17.7 Å². The Morgan fingerprint density at radius 1 is 0.817 bits per heavy atom. The van der Waals surface area contributed by atoms with E-state index in [2.05, 4.69) is 37.2 Å². The quantitative estimate of drug-likeness (QED) is 0.0597. The number of ether oxygens (including phenoxy) is 3. The number of halogens is 1. The van der Waals surface area contributed by atoms with Gasteiger partial charge >= 0.3 is 18.2 Å². The summed E-state index contributed by atoms with van der Waals surface area (Å²) in [6.45, 7) is 18.7. The van der Waals surface area contributed by atoms with Crippen molar-refractivity contribution in [3.63, 3.8) is 0 Å². The maximum atomic E-state index is 15.1. The first-order valence-electron chi connectivity index (χ1n) is 24.3. The molecule has 0 saturated heterocycles. The Kier molecular flexibility index (Phi) is 19.7. The van der Waals surface area contributed by atoms with Crippen LogP contribution in [-0.2, 0) is 52.9 Å². The Morgan fingerprint density at radius 3 is 2.20 bits per heavy atom. The molecule has 0 spiro atoms. The maximum absolute atomic E-state index is 15.1. The van der Waals surface area contributed by atoms with Crippen LogP contribution >= 0.6 is 27.7 Å². The second-order valence-electron chi connectivity index (χ2n) is 20.9. The zero-order chi connectivity index (χ0) is 52.3. The van der Waals surface area contributed by atoms with Gasteiger partial charge in [-0.05, 0) is 142 Å². The van der Waals surface area contributed by atoms with Crippen molar-refractivity contribution in [3.8, 4) is 0 Å². The van der Waals surface area contributed by atoms with Gasteiger partial charge in [-0.15, -0.1) is 0 Å². The zero-order valence-corrected chi connectivity index (χ0v) is 45.5. The first kappa shape index (κ1) is 56.5. The predicted molar refractivity (Wildman–Crippen MR) is 278 cm³/mol. The summed E-state index contributed by atoms with van der Waals surface area (Å²) in [7, 11) is 1.55. The smallest absolute Gasteiger partial charge is 0.419 e. The molecule has 0 aliphatic carbocycles. The van der Waals surface area contributed by atoms with Crippen molar-refractivity contribution in [2.75, 3.05) is 13.6 Å². The second-order valence-corrected chi connectivity index (χ2v) is 22.8. The van der Waals surface area contributed by atoms with E-state index >= 15 is 4.79 Å². The third-order valence-electron chi connectivity index (χ3n) is 11.4. The maximum Gasteiger partial charge on any atom is 0.419 e. The minimum Gasteiger partial charge on any atom is -0.460 e. The van der Waals surface area contributed by atoms with Gasteiger partial charge < -0.3 is 40.4 Å². The normalized spacial score (nSPS) is 17.6. The van der Waals surface area contributed by atoms with Gasteiger partial charge in [-0.3, -0.25) is 23.7 Å². The number of likely N-dealkylation sites (N-methyl/N-ethyl adjacent to an activating group) is 1. The summed E-state index contributed by atoms with van der Waals surface area (Å²) >= 11 is 5.21. The number of aromatic nitrogens is 2. The van der Waals surface area contributed by atoms with Gasteiger partial charge in [0.05, 0.1) is 11.6 Å². The van der Waals surface area contributed by atoms with Gasteiger partial charge in [-0.25, -0.2) is 14.6 Å². The molecule has 5 rings (SSSR count). The molecule has 3 atom stereocenters. The van der Waals surface area contributed by atoms with Crippen LogP contribution in [0, 0.1) is 6.92 Å². The van der Waals surface area contributed by atoms with Crippen LogP contribution in [0.25, 0.3) is 10.9 Å². The molecule has 1 aliphatic heterocycles. The highest BCUT2D eigenvalue weighted by molar-refractivity contribution is 9.10. The van der Waals surface area contributed by atoms with Crippen molar-refractivity contribution in [3.05, 3.63) is 87.7 Å². The fourth-order valence-corrected chi connectivity index (χ4v) is 9.75. The topological polar surface area (TPSA) is 199 Å². The fraction of sp³-hybridized carbons (Fsp3) is 0.528. The molecule has 4 amide bonds. The van der Waals surface area contributed by atoms with Crippen LogP contribution in [-0.4, -0.2) is 98.8 Å². The van der Waals surface area contributed by atoms with Crippen molar-refractivity contribution < 1.29 is 43.0 Å². The van der Waals surface area contributed by atoms with E-state index in [-0.39, 0.29) is 44.9 Å². The number of nitrogens with one attached hydrogen (secondary N) is 4. The summed E-state index contributed by atoms with van der Waals surface area (Å²) in [5, 5.41) is 13.8. The highest BCUT2D eigenvalue weighted by Crippen LogP contribution is 2.37. The number of nitrogens with zero attached hydrogens (tertiary/aromatic N) is 3. The third-order valence-corrected chi connectivity index (χ3v) is 13.5. The van der Waals surface area contributed by atoms with Crippen LogP contribution < -0.4 is 21.3 Å². The van der Waals surface area contributed by atoms with Gasteiger partial charge in [0.15, 0.2) is 0 Å². The number of unbranched alkanes of at least 4 members (excludes halogenated alkanes) is 2. The average Bonchev–Trinajstić information content (AvgIpc) is 3.64. The van der Waals surface area contributed by atoms with Gasteiger partial charge in [0.1, 0.15) is 33.9 Å².